The summed E-state index contributed by atoms with van der Waals surface area (Å²) in [5.41, 5.74) is 0. The molecule has 12 N–H and O–H groups in total. The smallest absolute Gasteiger partial charge is 0.295 e. The van der Waals surface area contributed by atoms with E-state index in [0.29, 0.717) is 12.5 Å². The van der Waals surface area contributed by atoms with E-state index in [4.69, 9.17) is 28.4 Å². The number of benzene rings is 4. The van der Waals surface area contributed by atoms with Gasteiger partial charge in [0.1, 0.15) is 63.2 Å². The molecule has 0 radical (unpaired) electrons. The zero-order valence-electron chi connectivity index (χ0n) is 39.2. The monoisotopic (exact) mass is 1110 g/mol. The van der Waals surface area contributed by atoms with Gasteiger partial charge in [0, 0.05) is 51.3 Å². The first kappa shape index (κ1) is 57.3. The van der Waals surface area contributed by atoms with Crippen LogP contribution in [0.3, 0.4) is 0 Å². The highest BCUT2D eigenvalue weighted by Gasteiger charge is 2.52. The first-order chi connectivity index (χ1) is 34.7. The number of ketones is 1. The van der Waals surface area contributed by atoms with Gasteiger partial charge in [-0.1, -0.05) is 24.6 Å². The minimum atomic E-state index is -5.17. The zero-order valence-corrected chi connectivity index (χ0v) is 41.7. The maximum atomic E-state index is 13.1. The van der Waals surface area contributed by atoms with Crippen LogP contribution in [0, 0.1) is 5.92 Å². The molecule has 0 aromatic heterocycles. The Balaban J connectivity index is 0.917. The van der Waals surface area contributed by atoms with Gasteiger partial charge < -0.3 is 74.8 Å². The van der Waals surface area contributed by atoms with Crippen molar-refractivity contribution in [3.05, 3.63) is 36.4 Å². The third-order valence-corrected chi connectivity index (χ3v) is 15.9. The lowest BCUT2D eigenvalue weighted by molar-refractivity contribution is -0.353. The molecule has 30 heteroatoms. The van der Waals surface area contributed by atoms with Crippen molar-refractivity contribution in [1.82, 2.24) is 10.6 Å². The minimum absolute atomic E-state index is 0.0566. The Morgan fingerprint density at radius 3 is 1.78 bits per heavy atom. The number of aliphatic hydroxyl groups excluding tert-OH is 7. The average molecular weight is 1110 g/mol. The number of hydrogen-bond acceptors (Lipinski definition) is 22. The average Bonchev–Trinajstić information content (AvgIpc) is 3.32. The van der Waals surface area contributed by atoms with Crippen LogP contribution >= 0.6 is 0 Å². The number of unbranched alkanes of at least 4 members (excludes halogenated alkanes) is 2. The number of ether oxygens (including phenoxy) is 6. The van der Waals surface area contributed by atoms with E-state index in [1.54, 1.807) is 0 Å². The van der Waals surface area contributed by atoms with Gasteiger partial charge in [-0.3, -0.25) is 28.0 Å². The van der Waals surface area contributed by atoms with Gasteiger partial charge in [0.2, 0.25) is 5.91 Å². The van der Waals surface area contributed by atoms with Gasteiger partial charge in [0.15, 0.2) is 19.2 Å². The number of carbonyl (C=O) groups excluding carboxylic acids is 3. The van der Waals surface area contributed by atoms with Crippen molar-refractivity contribution < 1.29 is 117 Å². The van der Waals surface area contributed by atoms with Crippen LogP contribution in [0.5, 0.6) is 5.75 Å². The summed E-state index contributed by atoms with van der Waals surface area (Å²) in [6.45, 7) is 0.236. The van der Waals surface area contributed by atoms with E-state index in [-0.39, 0.29) is 64.7 Å². The van der Waals surface area contributed by atoms with Gasteiger partial charge in [-0.25, -0.2) is 0 Å². The van der Waals surface area contributed by atoms with Crippen molar-refractivity contribution in [2.24, 2.45) is 5.92 Å². The van der Waals surface area contributed by atoms with E-state index in [9.17, 15) is 89.0 Å². The molecule has 3 aliphatic heterocycles. The van der Waals surface area contributed by atoms with Gasteiger partial charge in [0.05, 0.1) is 50.1 Å². The SMILES string of the molecule is CC1O[C@@H](OC2C(O)[C@@H](NC(=O)CCCCCNC(=O)C(=O)COc3cc(S(=O)(=O)O)c4ccc5c(S(=O)(=O)O)cc(S(=O)(=O)O)c6ccc3c4c65)C(CO)O[C@H]2C)C(CO)C(O)[C@H]1O[C@@H]1OC[C@@H](O)C(O)C1O. The van der Waals surface area contributed by atoms with Gasteiger partial charge >= 0.3 is 0 Å². The molecule has 74 heavy (non-hydrogen) atoms. The third-order valence-electron chi connectivity index (χ3n) is 13.2. The third kappa shape index (κ3) is 11.9. The van der Waals surface area contributed by atoms with E-state index in [1.807, 2.05) is 0 Å². The highest BCUT2D eigenvalue weighted by atomic mass is 32.2. The highest BCUT2D eigenvalue weighted by Crippen LogP contribution is 2.45. The van der Waals surface area contributed by atoms with E-state index >= 15 is 0 Å². The Labute approximate surface area is 421 Å². The Kier molecular flexibility index (Phi) is 17.5. The molecule has 3 fully saturated rings. The number of rotatable bonds is 20. The summed E-state index contributed by atoms with van der Waals surface area (Å²) in [6, 6.07) is 4.58. The molecule has 410 valence electrons. The maximum absolute atomic E-state index is 13.1. The second-order valence-electron chi connectivity index (χ2n) is 18.2. The normalized spacial score (nSPS) is 30.2. The highest BCUT2D eigenvalue weighted by molar-refractivity contribution is 7.87. The van der Waals surface area contributed by atoms with E-state index < -0.39 is 174 Å². The van der Waals surface area contributed by atoms with Gasteiger partial charge in [-0.2, -0.15) is 25.3 Å². The van der Waals surface area contributed by atoms with Crippen LogP contribution in [-0.2, 0) is 68.4 Å². The van der Waals surface area contributed by atoms with Crippen molar-refractivity contribution in [2.45, 2.75) is 134 Å². The number of nitrogens with one attached hydrogen (secondary N) is 2. The van der Waals surface area contributed by atoms with E-state index in [2.05, 4.69) is 10.6 Å². The zero-order chi connectivity index (χ0) is 54.4. The predicted molar refractivity (Wildman–Crippen MR) is 249 cm³/mol. The van der Waals surface area contributed by atoms with Crippen molar-refractivity contribution in [1.29, 1.82) is 0 Å². The fourth-order valence-electron chi connectivity index (χ4n) is 9.45. The summed E-state index contributed by atoms with van der Waals surface area (Å²) in [5, 5.41) is 76.8. The standard InChI is InChI=1S/C44H56N2O25S3/c1-18-41(70-43-24(14-47)36(52)40(19(2)69-43)71-44-39(55)37(53)25(49)16-67-44)38(54)35(28(15-48)68-18)46-32(51)6-4-3-5-11-45-42(56)26(50)17-66-27-12-29(72(57,58)59)21-9-10-23-31(74(63,64)65)13-30(73(60,61)62)22-8-7-20(27)33(21)34(22)23/h7-10,12-13,18-19,24-25,28,35-41,43-44,47-49,52-55H,3-6,11,14-17H2,1-2H3,(H,45,56)(H,46,51)(H,57,58,59)(H,60,61,62)(H,63,64,65)/t18-,19?,24?,25+,28?,35-,36?,37?,38?,39?,40-,41?,43-,44-/m0/s1. The molecule has 27 nitrogen and oxygen atoms in total. The second kappa shape index (κ2) is 22.7. The number of Topliss-reactive ketones (excluding diaryl/α,β-unsaturated/α-hetero) is 1. The minimum Gasteiger partial charge on any atom is -0.485 e. The number of carbonyl (C=O) groups is 3. The summed E-state index contributed by atoms with van der Waals surface area (Å²) in [4.78, 5) is 36.1. The molecule has 0 bridgehead atoms. The molecule has 7 rings (SSSR count). The van der Waals surface area contributed by atoms with Crippen LogP contribution < -0.4 is 15.4 Å². The molecule has 0 saturated carbocycles. The van der Waals surface area contributed by atoms with Crippen LogP contribution in [0.1, 0.15) is 39.5 Å². The molecule has 3 aliphatic rings. The van der Waals surface area contributed by atoms with E-state index in [0.717, 1.165) is 24.3 Å². The molecule has 4 aromatic carbocycles. The van der Waals surface area contributed by atoms with Crippen molar-refractivity contribution in [3.63, 3.8) is 0 Å². The largest absolute Gasteiger partial charge is 0.485 e. The number of aliphatic hydroxyl groups is 7. The molecule has 0 aliphatic carbocycles. The van der Waals surface area contributed by atoms with Crippen LogP contribution in [-0.4, -0.2) is 205 Å². The van der Waals surface area contributed by atoms with Crippen molar-refractivity contribution >= 4 is 80.3 Å². The molecule has 8 unspecified atom stereocenters. The molecule has 0 spiro atoms. The Bertz CT molecular complexity index is 3020. The van der Waals surface area contributed by atoms with Gasteiger partial charge in [-0.05, 0) is 38.8 Å². The summed E-state index contributed by atoms with van der Waals surface area (Å²) in [5.74, 6) is -4.49. The maximum Gasteiger partial charge on any atom is 0.295 e. The first-order valence-electron chi connectivity index (χ1n) is 23.0. The van der Waals surface area contributed by atoms with Crippen molar-refractivity contribution in [3.8, 4) is 5.75 Å². The Morgan fingerprint density at radius 1 is 0.662 bits per heavy atom. The molecule has 14 atom stereocenters. The van der Waals surface area contributed by atoms with Gasteiger partial charge in [-0.15, -0.1) is 0 Å². The quantitative estimate of drug-likeness (QED) is 0.0188. The lowest BCUT2D eigenvalue weighted by atomic mass is 9.90. The second-order valence-corrected chi connectivity index (χ2v) is 22.3. The Hall–Kier alpha value is -4.42. The molecule has 3 saturated heterocycles. The first-order valence-corrected chi connectivity index (χ1v) is 27.3. The van der Waals surface area contributed by atoms with Crippen LogP contribution in [0.4, 0.5) is 0 Å². The summed E-state index contributed by atoms with van der Waals surface area (Å²) in [7, 11) is -15.5. The fourth-order valence-corrected chi connectivity index (χ4v) is 11.7. The predicted octanol–water partition coefficient (Wildman–Crippen LogP) is -2.50. The molecular weight excluding hydrogens is 1050 g/mol. The van der Waals surface area contributed by atoms with E-state index in [1.165, 1.54) is 19.9 Å². The molecule has 4 aromatic rings. The number of amides is 2. The van der Waals surface area contributed by atoms with Gasteiger partial charge in [0.25, 0.3) is 42.0 Å². The summed E-state index contributed by atoms with van der Waals surface area (Å²) >= 11 is 0. The van der Waals surface area contributed by atoms with Crippen LogP contribution in [0.15, 0.2) is 51.1 Å². The molecule has 3 heterocycles. The fraction of sp³-hybridized carbons (Fsp3) is 0.568. The molecule has 2 amide bonds. The molecular formula is C44H56N2O25S3. The lowest BCUT2D eigenvalue weighted by Gasteiger charge is -2.48. The summed E-state index contributed by atoms with van der Waals surface area (Å²) in [6.07, 6.45) is -15.3. The lowest BCUT2D eigenvalue weighted by Crippen LogP contribution is -2.66. The summed E-state index contributed by atoms with van der Waals surface area (Å²) < 4.78 is 139. The van der Waals surface area contributed by atoms with Crippen LogP contribution in [0.25, 0.3) is 32.3 Å². The Morgan fingerprint density at radius 2 is 1.20 bits per heavy atom. The van der Waals surface area contributed by atoms with Crippen LogP contribution in [0.2, 0.25) is 0 Å². The number of hydrogen-bond donors (Lipinski definition) is 12. The topological polar surface area (TPSA) is 435 Å². The van der Waals surface area contributed by atoms with Crippen molar-refractivity contribution in [2.75, 3.05) is 33.0 Å².